The molecule has 1 atom stereocenters. The van der Waals surface area contributed by atoms with E-state index in [1.54, 1.807) is 0 Å². The first-order valence-corrected chi connectivity index (χ1v) is 14.9. The van der Waals surface area contributed by atoms with E-state index < -0.39 is 6.10 Å². The van der Waals surface area contributed by atoms with Gasteiger partial charge in [-0.2, -0.15) is 0 Å². The molecule has 0 aliphatic carbocycles. The molecule has 0 radical (unpaired) electrons. The quantitative estimate of drug-likeness (QED) is 0.153. The molecule has 0 aliphatic rings. The SMILES string of the molecule is Cc1c(C)c(OCc2ccccc2)c(C(O)CCc2ccc(OCc3ccccc3)cc2)c(C)c1OCc1ccccc1. The zero-order chi connectivity index (χ0) is 30.0. The average molecular weight is 573 g/mol. The van der Waals surface area contributed by atoms with Crippen LogP contribution in [0.1, 0.15) is 57.0 Å². The highest BCUT2D eigenvalue weighted by Crippen LogP contribution is 2.42. The van der Waals surface area contributed by atoms with Crippen molar-refractivity contribution in [3.8, 4) is 17.2 Å². The molecule has 0 aromatic heterocycles. The highest BCUT2D eigenvalue weighted by Gasteiger charge is 2.25. The van der Waals surface area contributed by atoms with Gasteiger partial charge in [0.1, 0.15) is 37.1 Å². The normalized spacial score (nSPS) is 11.6. The van der Waals surface area contributed by atoms with Gasteiger partial charge in [-0.05, 0) is 79.1 Å². The van der Waals surface area contributed by atoms with E-state index in [-0.39, 0.29) is 0 Å². The van der Waals surface area contributed by atoms with E-state index in [4.69, 9.17) is 14.2 Å². The molecule has 0 saturated carbocycles. The molecule has 5 aromatic rings. The van der Waals surface area contributed by atoms with Crippen LogP contribution in [0.25, 0.3) is 0 Å². The topological polar surface area (TPSA) is 47.9 Å². The van der Waals surface area contributed by atoms with Crippen LogP contribution in [-0.2, 0) is 26.2 Å². The molecule has 0 bridgehead atoms. The van der Waals surface area contributed by atoms with E-state index >= 15 is 0 Å². The first kappa shape index (κ1) is 29.9. The standard InChI is InChI=1S/C39H40O4/c1-28-29(2)39(43-27-34-17-11-6-12-18-34)37(30(3)38(28)42-26-33-15-9-5-10-16-33)36(40)24-21-31-19-22-35(23-20-31)41-25-32-13-7-4-8-14-32/h4-20,22-23,36,40H,21,24-27H2,1-3H3. The molecular weight excluding hydrogens is 532 g/mol. The molecule has 5 aromatic carbocycles. The second kappa shape index (κ2) is 14.6. The van der Waals surface area contributed by atoms with E-state index in [2.05, 4.69) is 62.4 Å². The van der Waals surface area contributed by atoms with E-state index in [1.807, 2.05) is 73.7 Å². The molecule has 43 heavy (non-hydrogen) atoms. The van der Waals surface area contributed by atoms with Crippen LogP contribution in [0.5, 0.6) is 17.2 Å². The Morgan fingerprint density at radius 1 is 0.488 bits per heavy atom. The number of ether oxygens (including phenoxy) is 3. The highest BCUT2D eigenvalue weighted by atomic mass is 16.5. The molecule has 5 rings (SSSR count). The lowest BCUT2D eigenvalue weighted by Gasteiger charge is -2.25. The van der Waals surface area contributed by atoms with Gasteiger partial charge in [-0.1, -0.05) is 103 Å². The molecule has 1 unspecified atom stereocenters. The maximum Gasteiger partial charge on any atom is 0.129 e. The Morgan fingerprint density at radius 3 is 1.44 bits per heavy atom. The van der Waals surface area contributed by atoms with Crippen molar-refractivity contribution in [3.63, 3.8) is 0 Å². The van der Waals surface area contributed by atoms with Crippen molar-refractivity contribution in [2.24, 2.45) is 0 Å². The molecule has 0 amide bonds. The van der Waals surface area contributed by atoms with Crippen LogP contribution in [-0.4, -0.2) is 5.11 Å². The Labute approximate surface area is 255 Å². The van der Waals surface area contributed by atoms with Crippen molar-refractivity contribution in [3.05, 3.63) is 160 Å². The van der Waals surface area contributed by atoms with E-state index in [1.165, 1.54) is 0 Å². The molecule has 1 N–H and O–H groups in total. The fourth-order valence-corrected chi connectivity index (χ4v) is 5.32. The maximum absolute atomic E-state index is 11.7. The van der Waals surface area contributed by atoms with Crippen molar-refractivity contribution in [2.75, 3.05) is 0 Å². The highest BCUT2D eigenvalue weighted by molar-refractivity contribution is 5.59. The first-order chi connectivity index (χ1) is 21.0. The first-order valence-electron chi connectivity index (χ1n) is 14.9. The summed E-state index contributed by atoms with van der Waals surface area (Å²) in [5, 5.41) is 11.7. The minimum atomic E-state index is -0.724. The molecule has 4 nitrogen and oxygen atoms in total. The Bertz CT molecular complexity index is 1580. The number of aryl methyl sites for hydroxylation is 1. The Hall–Kier alpha value is -4.54. The molecule has 220 valence electrons. The number of aliphatic hydroxyl groups is 1. The summed E-state index contributed by atoms with van der Waals surface area (Å²) < 4.78 is 18.8. The van der Waals surface area contributed by atoms with Crippen LogP contribution >= 0.6 is 0 Å². The summed E-state index contributed by atoms with van der Waals surface area (Å²) in [7, 11) is 0. The summed E-state index contributed by atoms with van der Waals surface area (Å²) in [4.78, 5) is 0. The number of hydrogen-bond acceptors (Lipinski definition) is 4. The van der Waals surface area contributed by atoms with Gasteiger partial charge in [0.2, 0.25) is 0 Å². The van der Waals surface area contributed by atoms with Gasteiger partial charge >= 0.3 is 0 Å². The summed E-state index contributed by atoms with van der Waals surface area (Å²) >= 11 is 0. The van der Waals surface area contributed by atoms with Gasteiger partial charge in [-0.25, -0.2) is 0 Å². The summed E-state index contributed by atoms with van der Waals surface area (Å²) in [5.41, 5.74) is 8.18. The minimum absolute atomic E-state index is 0.426. The second-order valence-electron chi connectivity index (χ2n) is 11.0. The van der Waals surface area contributed by atoms with Crippen LogP contribution in [0.2, 0.25) is 0 Å². The van der Waals surface area contributed by atoms with Crippen molar-refractivity contribution in [1.82, 2.24) is 0 Å². The van der Waals surface area contributed by atoms with Crippen LogP contribution < -0.4 is 14.2 Å². The smallest absolute Gasteiger partial charge is 0.129 e. The molecule has 4 heteroatoms. The summed E-state index contributed by atoms with van der Waals surface area (Å²) in [6.45, 7) is 7.56. The zero-order valence-electron chi connectivity index (χ0n) is 25.3. The van der Waals surface area contributed by atoms with Gasteiger partial charge in [0.05, 0.1) is 6.10 Å². The van der Waals surface area contributed by atoms with E-state index in [0.717, 1.165) is 61.8 Å². The Kier molecular flexibility index (Phi) is 10.1. The number of benzene rings is 5. The fourth-order valence-electron chi connectivity index (χ4n) is 5.32. The van der Waals surface area contributed by atoms with Crippen molar-refractivity contribution < 1.29 is 19.3 Å². The summed E-state index contributed by atoms with van der Waals surface area (Å²) in [5.74, 6) is 2.38. The third-order valence-electron chi connectivity index (χ3n) is 7.90. The second-order valence-corrected chi connectivity index (χ2v) is 11.0. The van der Waals surface area contributed by atoms with Crippen molar-refractivity contribution in [1.29, 1.82) is 0 Å². The number of hydrogen-bond donors (Lipinski definition) is 1. The fraction of sp³-hybridized carbons (Fsp3) is 0.231. The monoisotopic (exact) mass is 572 g/mol. The zero-order valence-corrected chi connectivity index (χ0v) is 25.3. The van der Waals surface area contributed by atoms with Crippen molar-refractivity contribution in [2.45, 2.75) is 59.5 Å². The van der Waals surface area contributed by atoms with E-state index in [0.29, 0.717) is 32.7 Å². The molecule has 0 aliphatic heterocycles. The lowest BCUT2D eigenvalue weighted by atomic mass is 9.91. The summed E-state index contributed by atoms with van der Waals surface area (Å²) in [6, 6.07) is 38.5. The molecule has 0 heterocycles. The van der Waals surface area contributed by atoms with Gasteiger partial charge in [0.25, 0.3) is 0 Å². The third-order valence-corrected chi connectivity index (χ3v) is 7.90. The largest absolute Gasteiger partial charge is 0.489 e. The maximum atomic E-state index is 11.7. The third kappa shape index (κ3) is 7.85. The van der Waals surface area contributed by atoms with Crippen molar-refractivity contribution >= 4 is 0 Å². The number of aliphatic hydroxyl groups excluding tert-OH is 1. The van der Waals surface area contributed by atoms with Gasteiger partial charge in [0, 0.05) is 11.1 Å². The van der Waals surface area contributed by atoms with Crippen LogP contribution in [0.15, 0.2) is 115 Å². The lowest BCUT2D eigenvalue weighted by molar-refractivity contribution is 0.158. The summed E-state index contributed by atoms with van der Waals surface area (Å²) in [6.07, 6.45) is 0.538. The Morgan fingerprint density at radius 2 is 0.930 bits per heavy atom. The lowest BCUT2D eigenvalue weighted by Crippen LogP contribution is -2.11. The van der Waals surface area contributed by atoms with Crippen LogP contribution in [0.3, 0.4) is 0 Å². The predicted octanol–water partition coefficient (Wildman–Crippen LogP) is 9.02. The van der Waals surface area contributed by atoms with Crippen LogP contribution in [0, 0.1) is 20.8 Å². The number of rotatable bonds is 13. The minimum Gasteiger partial charge on any atom is -0.489 e. The molecule has 0 saturated heterocycles. The molecular formula is C39H40O4. The predicted molar refractivity (Wildman–Crippen MR) is 173 cm³/mol. The van der Waals surface area contributed by atoms with Gasteiger partial charge in [-0.15, -0.1) is 0 Å². The Balaban J connectivity index is 1.33. The molecule has 0 fully saturated rings. The van der Waals surface area contributed by atoms with Gasteiger partial charge < -0.3 is 19.3 Å². The van der Waals surface area contributed by atoms with E-state index in [9.17, 15) is 5.11 Å². The van der Waals surface area contributed by atoms with Gasteiger partial charge in [0.15, 0.2) is 0 Å². The van der Waals surface area contributed by atoms with Crippen LogP contribution in [0.4, 0.5) is 0 Å². The molecule has 0 spiro atoms. The van der Waals surface area contributed by atoms with Gasteiger partial charge in [-0.3, -0.25) is 0 Å². The average Bonchev–Trinajstić information content (AvgIpc) is 3.05.